The Hall–Kier alpha value is -1.49. The van der Waals surface area contributed by atoms with Crippen LogP contribution in [0.15, 0.2) is 34.1 Å². The summed E-state index contributed by atoms with van der Waals surface area (Å²) in [6.45, 7) is -0.610. The highest BCUT2D eigenvalue weighted by molar-refractivity contribution is 7.90. The lowest BCUT2D eigenvalue weighted by atomic mass is 10.4. The molecular weight excluding hydrogens is 296 g/mol. The van der Waals surface area contributed by atoms with E-state index in [1.807, 2.05) is 0 Å². The van der Waals surface area contributed by atoms with Gasteiger partial charge in [-0.2, -0.15) is 0 Å². The molecule has 19 heavy (non-hydrogen) atoms. The Morgan fingerprint density at radius 2 is 1.63 bits per heavy atom. The van der Waals surface area contributed by atoms with E-state index in [0.717, 1.165) is 30.5 Å². The SMILES string of the molecule is CS(=O)(=O)c1ccc(S(=O)(=O)NOCC(N)=O)cc1. The van der Waals surface area contributed by atoms with Gasteiger partial charge >= 0.3 is 0 Å². The Labute approximate surface area is 110 Å². The highest BCUT2D eigenvalue weighted by Gasteiger charge is 2.16. The first-order valence-corrected chi connectivity index (χ1v) is 8.22. The van der Waals surface area contributed by atoms with E-state index >= 15 is 0 Å². The number of nitrogens with one attached hydrogen (secondary N) is 1. The topological polar surface area (TPSA) is 133 Å². The summed E-state index contributed by atoms with van der Waals surface area (Å²) >= 11 is 0. The van der Waals surface area contributed by atoms with Crippen molar-refractivity contribution in [1.29, 1.82) is 0 Å². The summed E-state index contributed by atoms with van der Waals surface area (Å²) in [5.41, 5.74) is 4.76. The van der Waals surface area contributed by atoms with E-state index in [1.165, 1.54) is 0 Å². The van der Waals surface area contributed by atoms with Gasteiger partial charge in [-0.05, 0) is 24.3 Å². The highest BCUT2D eigenvalue weighted by Crippen LogP contribution is 2.14. The predicted octanol–water partition coefficient (Wildman–Crippen LogP) is -1.21. The Kier molecular flexibility index (Phi) is 4.63. The summed E-state index contributed by atoms with van der Waals surface area (Å²) in [5.74, 6) is -0.838. The van der Waals surface area contributed by atoms with Gasteiger partial charge in [-0.25, -0.2) is 16.8 Å². The van der Waals surface area contributed by atoms with Gasteiger partial charge in [-0.15, -0.1) is 0 Å². The average Bonchev–Trinajstić information content (AvgIpc) is 2.27. The van der Waals surface area contributed by atoms with Gasteiger partial charge in [0.15, 0.2) is 9.84 Å². The lowest BCUT2D eigenvalue weighted by molar-refractivity contribution is -0.123. The molecule has 1 rings (SSSR count). The molecule has 106 valence electrons. The molecule has 3 N–H and O–H groups in total. The molecule has 0 fully saturated rings. The van der Waals surface area contributed by atoms with E-state index < -0.39 is 32.4 Å². The number of amides is 1. The van der Waals surface area contributed by atoms with Crippen LogP contribution in [0.2, 0.25) is 0 Å². The monoisotopic (exact) mass is 308 g/mol. The molecule has 0 heterocycles. The molecule has 0 aliphatic carbocycles. The number of carbonyl (C=O) groups excluding carboxylic acids is 1. The van der Waals surface area contributed by atoms with Crippen molar-refractivity contribution in [3.63, 3.8) is 0 Å². The maximum absolute atomic E-state index is 11.6. The molecule has 0 aliphatic rings. The fraction of sp³-hybridized carbons (Fsp3) is 0.222. The standard InChI is InChI=1S/C9H12N2O6S2/c1-18(13,14)7-2-4-8(5-3-7)19(15,16)11-17-6-9(10)12/h2-5,11H,6H2,1H3,(H2,10,12). The number of primary amides is 1. The Bertz CT molecular complexity index is 663. The highest BCUT2D eigenvalue weighted by atomic mass is 32.2. The lowest BCUT2D eigenvalue weighted by Crippen LogP contribution is -2.29. The van der Waals surface area contributed by atoms with Gasteiger partial charge in [-0.3, -0.25) is 9.63 Å². The van der Waals surface area contributed by atoms with Crippen molar-refractivity contribution in [2.24, 2.45) is 5.73 Å². The first-order chi connectivity index (χ1) is 8.63. The van der Waals surface area contributed by atoms with E-state index in [0.29, 0.717) is 0 Å². The summed E-state index contributed by atoms with van der Waals surface area (Å²) in [7, 11) is -7.39. The number of carbonyl (C=O) groups is 1. The molecule has 0 spiro atoms. The minimum Gasteiger partial charge on any atom is -0.368 e. The number of benzene rings is 1. The first kappa shape index (κ1) is 15.6. The van der Waals surface area contributed by atoms with Crippen molar-refractivity contribution in [2.75, 3.05) is 12.9 Å². The summed E-state index contributed by atoms with van der Waals surface area (Å²) in [6, 6.07) is 4.51. The quantitative estimate of drug-likeness (QED) is 0.633. The number of hydrogen-bond acceptors (Lipinski definition) is 6. The second-order valence-corrected chi connectivity index (χ2v) is 7.25. The van der Waals surface area contributed by atoms with Crippen molar-refractivity contribution >= 4 is 25.8 Å². The number of rotatable bonds is 6. The van der Waals surface area contributed by atoms with Gasteiger partial charge < -0.3 is 5.73 Å². The number of nitrogens with two attached hydrogens (primary N) is 1. The summed E-state index contributed by atoms with van der Waals surface area (Å²) in [4.78, 5) is 16.2. The first-order valence-electron chi connectivity index (χ1n) is 4.85. The van der Waals surface area contributed by atoms with Crippen LogP contribution in [0.5, 0.6) is 0 Å². The van der Waals surface area contributed by atoms with E-state index in [1.54, 1.807) is 4.89 Å². The van der Waals surface area contributed by atoms with Crippen LogP contribution in [0, 0.1) is 0 Å². The van der Waals surface area contributed by atoms with Crippen LogP contribution in [0.25, 0.3) is 0 Å². The molecule has 0 saturated carbocycles. The third-order valence-corrected chi connectivity index (χ3v) is 4.30. The maximum atomic E-state index is 11.6. The minimum atomic E-state index is -3.99. The van der Waals surface area contributed by atoms with E-state index in [-0.39, 0.29) is 9.79 Å². The third kappa shape index (κ3) is 4.59. The fourth-order valence-electron chi connectivity index (χ4n) is 1.09. The minimum absolute atomic E-state index is 0.00972. The molecule has 8 nitrogen and oxygen atoms in total. The van der Waals surface area contributed by atoms with E-state index in [2.05, 4.69) is 4.84 Å². The molecule has 1 aromatic carbocycles. The van der Waals surface area contributed by atoms with Crippen LogP contribution in [-0.4, -0.2) is 35.6 Å². The Balaban J connectivity index is 2.88. The molecule has 0 aliphatic heterocycles. The zero-order valence-corrected chi connectivity index (χ0v) is 11.5. The van der Waals surface area contributed by atoms with Crippen molar-refractivity contribution in [2.45, 2.75) is 9.79 Å². The Morgan fingerprint density at radius 3 is 2.05 bits per heavy atom. The maximum Gasteiger partial charge on any atom is 0.262 e. The van der Waals surface area contributed by atoms with Gasteiger partial charge in [0.05, 0.1) is 9.79 Å². The molecule has 0 radical (unpaired) electrons. The van der Waals surface area contributed by atoms with Crippen LogP contribution >= 0.6 is 0 Å². The van der Waals surface area contributed by atoms with Gasteiger partial charge in [0.25, 0.3) is 10.0 Å². The molecule has 0 atom stereocenters. The summed E-state index contributed by atoms with van der Waals surface area (Å²) in [5, 5.41) is 0. The molecule has 0 bridgehead atoms. The van der Waals surface area contributed by atoms with Crippen molar-refractivity contribution < 1.29 is 26.5 Å². The smallest absolute Gasteiger partial charge is 0.262 e. The molecule has 1 amide bonds. The summed E-state index contributed by atoms with van der Waals surface area (Å²) < 4.78 is 45.7. The molecule has 1 aromatic rings. The number of sulfonamides is 1. The number of hydrogen-bond donors (Lipinski definition) is 2. The van der Waals surface area contributed by atoms with Crippen molar-refractivity contribution in [1.82, 2.24) is 4.89 Å². The van der Waals surface area contributed by atoms with Crippen LogP contribution in [0.4, 0.5) is 0 Å². The largest absolute Gasteiger partial charge is 0.368 e. The van der Waals surface area contributed by atoms with Gasteiger partial charge in [0.2, 0.25) is 5.91 Å². The second kappa shape index (κ2) is 5.65. The second-order valence-electron chi connectivity index (χ2n) is 3.59. The van der Waals surface area contributed by atoms with Crippen LogP contribution in [-0.2, 0) is 29.5 Å². The van der Waals surface area contributed by atoms with Crippen LogP contribution < -0.4 is 10.6 Å². The normalized spacial score (nSPS) is 12.3. The Morgan fingerprint density at radius 1 is 1.16 bits per heavy atom. The van der Waals surface area contributed by atoms with Gasteiger partial charge in [-0.1, -0.05) is 4.89 Å². The third-order valence-electron chi connectivity index (χ3n) is 1.95. The predicted molar refractivity (Wildman–Crippen MR) is 65.0 cm³/mol. The zero-order valence-electron chi connectivity index (χ0n) is 9.86. The molecule has 0 saturated heterocycles. The van der Waals surface area contributed by atoms with Crippen LogP contribution in [0.3, 0.4) is 0 Å². The van der Waals surface area contributed by atoms with E-state index in [4.69, 9.17) is 5.73 Å². The zero-order chi connectivity index (χ0) is 14.7. The number of sulfone groups is 1. The van der Waals surface area contributed by atoms with Gasteiger partial charge in [0.1, 0.15) is 6.61 Å². The summed E-state index contributed by atoms with van der Waals surface area (Å²) in [6.07, 6.45) is 1.00. The molecular formula is C9H12N2O6S2. The lowest BCUT2D eigenvalue weighted by Gasteiger charge is -2.06. The van der Waals surface area contributed by atoms with E-state index in [9.17, 15) is 21.6 Å². The molecule has 0 aromatic heterocycles. The van der Waals surface area contributed by atoms with Crippen molar-refractivity contribution in [3.05, 3.63) is 24.3 Å². The molecule has 10 heteroatoms. The average molecular weight is 308 g/mol. The fourth-order valence-corrected chi connectivity index (χ4v) is 2.53. The van der Waals surface area contributed by atoms with Crippen LogP contribution in [0.1, 0.15) is 0 Å². The van der Waals surface area contributed by atoms with Gasteiger partial charge in [0, 0.05) is 6.26 Å². The molecule has 0 unspecified atom stereocenters. The van der Waals surface area contributed by atoms with Crippen molar-refractivity contribution in [3.8, 4) is 0 Å².